The number of methoxy groups -OCH3 is 2. The minimum absolute atomic E-state index is 0.0121. The number of Topliss-reactive ketones (excluding diaryl/α,β-unsaturated/α-hetero) is 1. The van der Waals surface area contributed by atoms with Gasteiger partial charge in [-0.1, -0.05) is 27.7 Å². The third-order valence-electron chi connectivity index (χ3n) is 9.39. The summed E-state index contributed by atoms with van der Waals surface area (Å²) in [5.74, 6) is -1.63. The van der Waals surface area contributed by atoms with Crippen molar-refractivity contribution in [1.29, 1.82) is 0 Å². The lowest BCUT2D eigenvalue weighted by Crippen LogP contribution is -2.80. The monoisotopic (exact) mass is 452 g/mol. The van der Waals surface area contributed by atoms with E-state index in [4.69, 9.17) is 18.9 Å². The highest BCUT2D eigenvalue weighted by Gasteiger charge is 2.78. The zero-order valence-electron chi connectivity index (χ0n) is 20.0. The fourth-order valence-electron chi connectivity index (χ4n) is 7.94. The van der Waals surface area contributed by atoms with E-state index >= 15 is 0 Å². The predicted octanol–water partition coefficient (Wildman–Crippen LogP) is 1.82. The summed E-state index contributed by atoms with van der Waals surface area (Å²) in [5.41, 5.74) is -3.37. The Kier molecular flexibility index (Phi) is 5.56. The van der Waals surface area contributed by atoms with Crippen LogP contribution >= 0.6 is 0 Å². The molecule has 0 unspecified atom stereocenters. The average Bonchev–Trinajstić information content (AvgIpc) is 2.70. The van der Waals surface area contributed by atoms with Crippen LogP contribution in [0.2, 0.25) is 0 Å². The lowest BCUT2D eigenvalue weighted by Gasteiger charge is -2.72. The molecule has 0 bridgehead atoms. The molecule has 2 saturated carbocycles. The van der Waals surface area contributed by atoms with Gasteiger partial charge in [0.2, 0.25) is 5.78 Å². The van der Waals surface area contributed by atoms with Crippen LogP contribution < -0.4 is 0 Å². The molecule has 0 spiro atoms. The lowest BCUT2D eigenvalue weighted by atomic mass is 9.37. The molecule has 2 N–H and O–H groups in total. The van der Waals surface area contributed by atoms with E-state index in [-0.39, 0.29) is 29.8 Å². The van der Waals surface area contributed by atoms with E-state index in [9.17, 15) is 19.8 Å². The van der Waals surface area contributed by atoms with Crippen LogP contribution in [0, 0.1) is 34.5 Å². The normalized spacial score (nSPS) is 52.4. The van der Waals surface area contributed by atoms with Crippen LogP contribution in [-0.2, 0) is 28.5 Å². The number of ether oxygens (including phenoxy) is 4. The second kappa shape index (κ2) is 7.52. The highest BCUT2D eigenvalue weighted by atomic mass is 16.6. The van der Waals surface area contributed by atoms with Gasteiger partial charge in [0.1, 0.15) is 6.10 Å². The first-order valence-corrected chi connectivity index (χ1v) is 11.4. The van der Waals surface area contributed by atoms with Crippen LogP contribution in [0.5, 0.6) is 0 Å². The smallest absolute Gasteiger partial charge is 0.303 e. The molecule has 32 heavy (non-hydrogen) atoms. The van der Waals surface area contributed by atoms with Crippen molar-refractivity contribution >= 4 is 11.8 Å². The van der Waals surface area contributed by atoms with Gasteiger partial charge in [0.25, 0.3) is 0 Å². The van der Waals surface area contributed by atoms with Crippen LogP contribution in [0.1, 0.15) is 47.5 Å². The largest absolute Gasteiger partial charge is 0.493 e. The SMILES string of the molecule is COC1=C[C@@H](C)[C@@H]2C[C@H]3O[C@@H](O)C[C@@]4(O)[C@@H](C)[C@H](OC)[C@@H](OC(C)=O)[C@H]([C@@]2(C)C1=O)[C@@]34C. The molecular formula is C24H36O8. The van der Waals surface area contributed by atoms with Crippen LogP contribution in [0.4, 0.5) is 0 Å². The highest BCUT2D eigenvalue weighted by molar-refractivity contribution is 5.99. The summed E-state index contributed by atoms with van der Waals surface area (Å²) in [4.78, 5) is 26.1. The average molecular weight is 453 g/mol. The second-order valence-corrected chi connectivity index (χ2v) is 10.6. The van der Waals surface area contributed by atoms with Crippen molar-refractivity contribution in [2.24, 2.45) is 34.5 Å². The summed E-state index contributed by atoms with van der Waals surface area (Å²) in [6.45, 7) is 9.04. The number of allylic oxidation sites excluding steroid dienone is 2. The number of aliphatic hydroxyl groups excluding tert-OH is 1. The molecule has 8 heteroatoms. The zero-order chi connectivity index (χ0) is 23.8. The van der Waals surface area contributed by atoms with Crippen molar-refractivity contribution in [2.45, 2.75) is 77.7 Å². The molecule has 0 aromatic carbocycles. The Bertz CT molecular complexity index is 840. The van der Waals surface area contributed by atoms with Gasteiger partial charge in [0.15, 0.2) is 12.0 Å². The Morgan fingerprint density at radius 3 is 2.44 bits per heavy atom. The van der Waals surface area contributed by atoms with Crippen molar-refractivity contribution in [1.82, 2.24) is 0 Å². The standard InChI is InChI=1S/C24H36O8/c1-11-8-15(29-6)21(27)22(4)14(11)9-16-23(5)20(22)19(31-13(3)25)18(30-7)12(2)24(23,28)10-17(26)32-16/h8,11-12,14,16-20,26,28H,9-10H2,1-7H3/t11-,12+,14+,16-,17-,18+,19-,20-,22+,23-,24-/m1/s1. The maximum absolute atomic E-state index is 13.9. The number of hydrogen-bond donors (Lipinski definition) is 2. The number of ketones is 1. The second-order valence-electron chi connectivity index (χ2n) is 10.6. The zero-order valence-corrected chi connectivity index (χ0v) is 20.0. The molecule has 0 amide bonds. The van der Waals surface area contributed by atoms with Crippen LogP contribution in [0.15, 0.2) is 11.8 Å². The van der Waals surface area contributed by atoms with Crippen molar-refractivity contribution in [3.8, 4) is 0 Å². The van der Waals surface area contributed by atoms with E-state index in [2.05, 4.69) is 0 Å². The summed E-state index contributed by atoms with van der Waals surface area (Å²) in [5, 5.41) is 22.8. The molecule has 11 atom stereocenters. The Balaban J connectivity index is 2.00. The van der Waals surface area contributed by atoms with Crippen molar-refractivity contribution in [2.75, 3.05) is 14.2 Å². The Labute approximate surface area is 189 Å². The van der Waals surface area contributed by atoms with Gasteiger partial charge in [0, 0.05) is 43.1 Å². The molecule has 3 fully saturated rings. The van der Waals surface area contributed by atoms with Crippen LogP contribution in [0.3, 0.4) is 0 Å². The van der Waals surface area contributed by atoms with Gasteiger partial charge in [0.05, 0.1) is 24.9 Å². The summed E-state index contributed by atoms with van der Waals surface area (Å²) < 4.78 is 23.2. The van der Waals surface area contributed by atoms with E-state index in [1.165, 1.54) is 21.1 Å². The maximum atomic E-state index is 13.9. The minimum atomic E-state index is -1.40. The molecule has 8 nitrogen and oxygen atoms in total. The Morgan fingerprint density at radius 1 is 1.22 bits per heavy atom. The van der Waals surface area contributed by atoms with Crippen LogP contribution in [0.25, 0.3) is 0 Å². The molecule has 1 saturated heterocycles. The molecule has 0 aromatic heterocycles. The summed E-state index contributed by atoms with van der Waals surface area (Å²) in [6.07, 6.45) is -0.785. The number of carbonyl (C=O) groups is 2. The third-order valence-corrected chi connectivity index (χ3v) is 9.39. The third kappa shape index (κ3) is 2.76. The highest BCUT2D eigenvalue weighted by Crippen LogP contribution is 2.70. The Hall–Kier alpha value is -1.48. The molecule has 1 heterocycles. The molecule has 4 rings (SSSR count). The van der Waals surface area contributed by atoms with Crippen molar-refractivity contribution in [3.63, 3.8) is 0 Å². The van der Waals surface area contributed by atoms with Gasteiger partial charge in [-0.15, -0.1) is 0 Å². The summed E-state index contributed by atoms with van der Waals surface area (Å²) >= 11 is 0. The number of fused-ring (bicyclic) bond motifs is 2. The van der Waals surface area contributed by atoms with Gasteiger partial charge >= 0.3 is 5.97 Å². The first-order valence-electron chi connectivity index (χ1n) is 11.4. The molecule has 0 aromatic rings. The maximum Gasteiger partial charge on any atom is 0.303 e. The molecule has 1 aliphatic heterocycles. The van der Waals surface area contributed by atoms with E-state index in [0.717, 1.165) is 0 Å². The quantitative estimate of drug-likeness (QED) is 0.624. The number of rotatable bonds is 3. The van der Waals surface area contributed by atoms with Gasteiger partial charge in [-0.2, -0.15) is 0 Å². The van der Waals surface area contributed by atoms with Gasteiger partial charge in [-0.3, -0.25) is 9.59 Å². The van der Waals surface area contributed by atoms with Crippen LogP contribution in [-0.4, -0.2) is 66.4 Å². The Morgan fingerprint density at radius 2 is 1.88 bits per heavy atom. The fourth-order valence-corrected chi connectivity index (χ4v) is 7.94. The number of esters is 1. The lowest BCUT2D eigenvalue weighted by molar-refractivity contribution is -0.375. The first-order chi connectivity index (χ1) is 14.9. The molecule has 4 aliphatic rings. The first kappa shape index (κ1) is 23.7. The van der Waals surface area contributed by atoms with E-state index < -0.39 is 58.8 Å². The molecule has 0 radical (unpaired) electrons. The topological polar surface area (TPSA) is 112 Å². The van der Waals surface area contributed by atoms with Gasteiger partial charge < -0.3 is 29.2 Å². The summed E-state index contributed by atoms with van der Waals surface area (Å²) in [6, 6.07) is 0. The van der Waals surface area contributed by atoms with Gasteiger partial charge in [-0.25, -0.2) is 0 Å². The molecule has 3 aliphatic carbocycles. The van der Waals surface area contributed by atoms with E-state index in [1.54, 1.807) is 0 Å². The minimum Gasteiger partial charge on any atom is -0.493 e. The summed E-state index contributed by atoms with van der Waals surface area (Å²) in [7, 11) is 3.00. The molecular weight excluding hydrogens is 416 g/mol. The van der Waals surface area contributed by atoms with E-state index in [1.807, 2.05) is 33.8 Å². The predicted molar refractivity (Wildman–Crippen MR) is 113 cm³/mol. The van der Waals surface area contributed by atoms with E-state index in [0.29, 0.717) is 6.42 Å². The van der Waals surface area contributed by atoms with Crippen molar-refractivity contribution in [3.05, 3.63) is 11.8 Å². The number of aliphatic hydroxyl groups is 2. The molecule has 180 valence electrons. The fraction of sp³-hybridized carbons (Fsp3) is 0.833. The van der Waals surface area contributed by atoms with Crippen molar-refractivity contribution < 1.29 is 38.7 Å². The van der Waals surface area contributed by atoms with Gasteiger partial charge in [-0.05, 0) is 24.3 Å². The number of carbonyl (C=O) groups excluding carboxylic acids is 2. The number of hydrogen-bond acceptors (Lipinski definition) is 8.